The van der Waals surface area contributed by atoms with Gasteiger partial charge in [-0.3, -0.25) is 0 Å². The van der Waals surface area contributed by atoms with Crippen molar-refractivity contribution in [3.8, 4) is 0 Å². The number of halogens is 3. The van der Waals surface area contributed by atoms with Crippen molar-refractivity contribution >= 4 is 17.5 Å². The van der Waals surface area contributed by atoms with Crippen LogP contribution in [0.3, 0.4) is 0 Å². The summed E-state index contributed by atoms with van der Waals surface area (Å²) in [7, 11) is 0. The Hall–Kier alpha value is -2.31. The average molecular weight is 338 g/mol. The Morgan fingerprint density at radius 2 is 1.88 bits per heavy atom. The molecule has 1 heterocycles. The highest BCUT2D eigenvalue weighted by atomic mass is 19.4. The van der Waals surface area contributed by atoms with Crippen molar-refractivity contribution in [1.29, 1.82) is 0 Å². The maximum absolute atomic E-state index is 13.1. The van der Waals surface area contributed by atoms with E-state index in [0.29, 0.717) is 0 Å². The average Bonchev–Trinajstić information content (AvgIpc) is 2.50. The van der Waals surface area contributed by atoms with Crippen LogP contribution in [0.4, 0.5) is 30.6 Å². The van der Waals surface area contributed by atoms with Crippen molar-refractivity contribution in [2.24, 2.45) is 0 Å². The van der Waals surface area contributed by atoms with Crippen molar-refractivity contribution in [2.45, 2.75) is 46.3 Å². The van der Waals surface area contributed by atoms with Crippen LogP contribution in [0.5, 0.6) is 0 Å². The molecule has 0 saturated heterocycles. The van der Waals surface area contributed by atoms with Gasteiger partial charge in [-0.25, -0.2) is 4.98 Å². The van der Waals surface area contributed by atoms with Gasteiger partial charge in [0.1, 0.15) is 5.82 Å². The lowest BCUT2D eigenvalue weighted by Crippen LogP contribution is -2.18. The second-order valence-electron chi connectivity index (χ2n) is 5.79. The van der Waals surface area contributed by atoms with Crippen LogP contribution >= 0.6 is 0 Å². The van der Waals surface area contributed by atoms with Gasteiger partial charge in [0.15, 0.2) is 5.69 Å². The fourth-order valence-electron chi connectivity index (χ4n) is 2.07. The lowest BCUT2D eigenvalue weighted by atomic mass is 10.1. The van der Waals surface area contributed by atoms with Crippen molar-refractivity contribution in [1.82, 2.24) is 9.97 Å². The second-order valence-corrected chi connectivity index (χ2v) is 5.79. The number of rotatable bonds is 5. The molecule has 1 aromatic heterocycles. The van der Waals surface area contributed by atoms with Crippen LogP contribution in [0.15, 0.2) is 24.3 Å². The van der Waals surface area contributed by atoms with E-state index in [1.807, 2.05) is 39.8 Å². The molecular formula is C17H21F3N4. The van der Waals surface area contributed by atoms with Gasteiger partial charge >= 0.3 is 6.18 Å². The first-order valence-electron chi connectivity index (χ1n) is 7.76. The molecule has 0 fully saturated rings. The quantitative estimate of drug-likeness (QED) is 0.799. The SMILES string of the molecule is CC[C@H](C)Nc1nc(Nc2cccc(C)c2C)cc(C(F)(F)F)n1. The van der Waals surface area contributed by atoms with Gasteiger partial charge in [0.05, 0.1) is 0 Å². The third-order valence-corrected chi connectivity index (χ3v) is 3.87. The molecule has 130 valence electrons. The van der Waals surface area contributed by atoms with Gasteiger partial charge in [0, 0.05) is 17.8 Å². The molecule has 0 bridgehead atoms. The van der Waals surface area contributed by atoms with Crippen molar-refractivity contribution in [3.05, 3.63) is 41.1 Å². The normalized spacial score (nSPS) is 12.8. The molecule has 0 aliphatic carbocycles. The predicted molar refractivity (Wildman–Crippen MR) is 89.6 cm³/mol. The van der Waals surface area contributed by atoms with Crippen LogP contribution < -0.4 is 10.6 Å². The van der Waals surface area contributed by atoms with E-state index in [2.05, 4.69) is 20.6 Å². The topological polar surface area (TPSA) is 49.8 Å². The summed E-state index contributed by atoms with van der Waals surface area (Å²) in [6.45, 7) is 7.64. The molecule has 4 nitrogen and oxygen atoms in total. The van der Waals surface area contributed by atoms with Gasteiger partial charge in [0.2, 0.25) is 5.95 Å². The van der Waals surface area contributed by atoms with E-state index in [0.717, 1.165) is 29.3 Å². The highest BCUT2D eigenvalue weighted by Crippen LogP contribution is 2.31. The molecule has 1 atom stereocenters. The lowest BCUT2D eigenvalue weighted by molar-refractivity contribution is -0.141. The fourth-order valence-corrected chi connectivity index (χ4v) is 2.07. The molecule has 0 radical (unpaired) electrons. The molecule has 2 rings (SSSR count). The second kappa shape index (κ2) is 7.07. The minimum absolute atomic E-state index is 0.0259. The number of alkyl halides is 3. The molecule has 0 aliphatic rings. The summed E-state index contributed by atoms with van der Waals surface area (Å²) >= 11 is 0. The maximum atomic E-state index is 13.1. The molecule has 2 aromatic rings. The molecule has 1 aromatic carbocycles. The fraction of sp³-hybridized carbons (Fsp3) is 0.412. The van der Waals surface area contributed by atoms with E-state index >= 15 is 0 Å². The summed E-state index contributed by atoms with van der Waals surface area (Å²) in [6.07, 6.45) is -3.79. The summed E-state index contributed by atoms with van der Waals surface area (Å²) in [5, 5.41) is 5.86. The molecule has 0 saturated carbocycles. The number of hydrogen-bond acceptors (Lipinski definition) is 4. The lowest BCUT2D eigenvalue weighted by Gasteiger charge is -2.16. The van der Waals surface area contributed by atoms with Gasteiger partial charge in [0.25, 0.3) is 0 Å². The zero-order chi connectivity index (χ0) is 17.9. The number of hydrogen-bond donors (Lipinski definition) is 2. The number of aryl methyl sites for hydroxylation is 1. The van der Waals surface area contributed by atoms with Crippen molar-refractivity contribution in [3.63, 3.8) is 0 Å². The minimum Gasteiger partial charge on any atom is -0.352 e. The summed E-state index contributed by atoms with van der Waals surface area (Å²) in [5.74, 6) is 0.0730. The van der Waals surface area contributed by atoms with Gasteiger partial charge in [-0.15, -0.1) is 0 Å². The molecule has 24 heavy (non-hydrogen) atoms. The van der Waals surface area contributed by atoms with Crippen LogP contribution in [0.1, 0.15) is 37.1 Å². The predicted octanol–water partition coefficient (Wildman–Crippen LogP) is 5.07. The van der Waals surface area contributed by atoms with Gasteiger partial charge in [-0.2, -0.15) is 18.2 Å². The third-order valence-electron chi connectivity index (χ3n) is 3.87. The Balaban J connectivity index is 2.41. The Kier molecular flexibility index (Phi) is 5.31. The standard InChI is InChI=1S/C17H21F3N4/c1-5-11(3)21-16-23-14(17(18,19)20)9-15(24-16)22-13-8-6-7-10(2)12(13)4/h6-9,11H,5H2,1-4H3,(H2,21,22,23,24)/t11-/m0/s1. The number of nitrogens with one attached hydrogen (secondary N) is 2. The molecule has 0 aliphatic heterocycles. The van der Waals surface area contributed by atoms with Crippen LogP contribution in [0.2, 0.25) is 0 Å². The zero-order valence-corrected chi connectivity index (χ0v) is 14.1. The molecule has 7 heteroatoms. The van der Waals surface area contributed by atoms with E-state index in [1.54, 1.807) is 6.07 Å². The molecule has 0 spiro atoms. The summed E-state index contributed by atoms with van der Waals surface area (Å²) in [4.78, 5) is 7.75. The first kappa shape index (κ1) is 18.0. The maximum Gasteiger partial charge on any atom is 0.433 e. The van der Waals surface area contributed by atoms with E-state index in [-0.39, 0.29) is 17.8 Å². The van der Waals surface area contributed by atoms with Crippen molar-refractivity contribution < 1.29 is 13.2 Å². The number of benzene rings is 1. The van der Waals surface area contributed by atoms with E-state index < -0.39 is 11.9 Å². The Labute approximate surface area is 139 Å². The van der Waals surface area contributed by atoms with E-state index in [9.17, 15) is 13.2 Å². The number of nitrogens with zero attached hydrogens (tertiary/aromatic N) is 2. The highest BCUT2D eigenvalue weighted by Gasteiger charge is 2.34. The van der Waals surface area contributed by atoms with Gasteiger partial charge in [-0.1, -0.05) is 19.1 Å². The van der Waals surface area contributed by atoms with Crippen LogP contribution in [-0.2, 0) is 6.18 Å². The zero-order valence-electron chi connectivity index (χ0n) is 14.1. The third kappa shape index (κ3) is 4.37. The Bertz CT molecular complexity index is 713. The first-order valence-corrected chi connectivity index (χ1v) is 7.76. The largest absolute Gasteiger partial charge is 0.433 e. The van der Waals surface area contributed by atoms with Gasteiger partial charge < -0.3 is 10.6 Å². The van der Waals surface area contributed by atoms with Crippen LogP contribution in [0.25, 0.3) is 0 Å². The monoisotopic (exact) mass is 338 g/mol. The Morgan fingerprint density at radius 1 is 1.17 bits per heavy atom. The smallest absolute Gasteiger partial charge is 0.352 e. The molecule has 0 amide bonds. The minimum atomic E-state index is -4.53. The Morgan fingerprint density at radius 3 is 2.50 bits per heavy atom. The van der Waals surface area contributed by atoms with Crippen LogP contribution in [-0.4, -0.2) is 16.0 Å². The summed E-state index contributed by atoms with van der Waals surface area (Å²) in [6, 6.07) is 6.48. The van der Waals surface area contributed by atoms with Crippen molar-refractivity contribution in [2.75, 3.05) is 10.6 Å². The molecule has 0 unspecified atom stereocenters. The van der Waals surface area contributed by atoms with E-state index in [4.69, 9.17) is 0 Å². The van der Waals surface area contributed by atoms with Crippen LogP contribution in [0, 0.1) is 13.8 Å². The highest BCUT2D eigenvalue weighted by molar-refractivity contribution is 5.63. The number of aromatic nitrogens is 2. The summed E-state index contributed by atoms with van der Waals surface area (Å²) < 4.78 is 39.3. The molecule has 2 N–H and O–H groups in total. The summed E-state index contributed by atoms with van der Waals surface area (Å²) in [5.41, 5.74) is 1.75. The number of anilines is 3. The van der Waals surface area contributed by atoms with Gasteiger partial charge in [-0.05, 0) is 44.4 Å². The molecular weight excluding hydrogens is 317 g/mol. The van der Waals surface area contributed by atoms with E-state index in [1.165, 1.54) is 0 Å². The first-order chi connectivity index (χ1) is 11.2.